The maximum absolute atomic E-state index is 11.5. The van der Waals surface area contributed by atoms with Gasteiger partial charge in [0.1, 0.15) is 5.60 Å². The molecule has 2 aromatic rings. The standard InChI is InChI=1S/C15H20N4O2/c1-15(2,3)21-14(20)18-17-10-12-4-6-13(7-5-12)19-9-8-16-11-19/h4-9,11,17H,10H2,1-3H3,(H,18,20). The second-order valence-electron chi connectivity index (χ2n) is 5.62. The number of rotatable bonds is 4. The Bertz CT molecular complexity index is 571. The van der Waals surface area contributed by atoms with Crippen molar-refractivity contribution in [2.75, 3.05) is 0 Å². The molecule has 0 unspecified atom stereocenters. The third-order valence-electron chi connectivity index (χ3n) is 2.62. The van der Waals surface area contributed by atoms with E-state index in [0.717, 1.165) is 11.3 Å². The topological polar surface area (TPSA) is 68.2 Å². The highest BCUT2D eigenvalue weighted by Crippen LogP contribution is 2.09. The molecule has 1 heterocycles. The Morgan fingerprint density at radius 3 is 2.57 bits per heavy atom. The van der Waals surface area contributed by atoms with Gasteiger partial charge in [-0.1, -0.05) is 12.1 Å². The number of aromatic nitrogens is 2. The van der Waals surface area contributed by atoms with Crippen molar-refractivity contribution in [1.29, 1.82) is 0 Å². The van der Waals surface area contributed by atoms with Crippen LogP contribution in [0.2, 0.25) is 0 Å². The fourth-order valence-electron chi connectivity index (χ4n) is 1.72. The second-order valence-corrected chi connectivity index (χ2v) is 5.62. The lowest BCUT2D eigenvalue weighted by molar-refractivity contribution is 0.0497. The predicted molar refractivity (Wildman–Crippen MR) is 79.8 cm³/mol. The van der Waals surface area contributed by atoms with E-state index in [1.807, 2.05) is 55.8 Å². The van der Waals surface area contributed by atoms with Crippen molar-refractivity contribution in [2.45, 2.75) is 32.9 Å². The van der Waals surface area contributed by atoms with Crippen LogP contribution >= 0.6 is 0 Å². The van der Waals surface area contributed by atoms with E-state index in [9.17, 15) is 4.79 Å². The molecule has 0 aliphatic heterocycles. The lowest BCUT2D eigenvalue weighted by atomic mass is 10.2. The maximum atomic E-state index is 11.5. The summed E-state index contributed by atoms with van der Waals surface area (Å²) in [6.45, 7) is 5.98. The molecule has 0 bridgehead atoms. The molecule has 0 aliphatic rings. The summed E-state index contributed by atoms with van der Waals surface area (Å²) in [4.78, 5) is 15.5. The molecule has 0 aliphatic carbocycles. The first kappa shape index (κ1) is 15.1. The quantitative estimate of drug-likeness (QED) is 0.848. The summed E-state index contributed by atoms with van der Waals surface area (Å²) in [6.07, 6.45) is 4.88. The first-order valence-electron chi connectivity index (χ1n) is 6.73. The van der Waals surface area contributed by atoms with Crippen LogP contribution in [0.15, 0.2) is 43.0 Å². The van der Waals surface area contributed by atoms with Gasteiger partial charge in [-0.2, -0.15) is 0 Å². The van der Waals surface area contributed by atoms with Crippen LogP contribution in [-0.2, 0) is 11.3 Å². The van der Waals surface area contributed by atoms with Gasteiger partial charge in [0.2, 0.25) is 0 Å². The second kappa shape index (κ2) is 6.41. The number of ether oxygens (including phenoxy) is 1. The average Bonchev–Trinajstić information content (AvgIpc) is 2.91. The Labute approximate surface area is 124 Å². The molecule has 21 heavy (non-hydrogen) atoms. The van der Waals surface area contributed by atoms with Crippen LogP contribution in [0.1, 0.15) is 26.3 Å². The maximum Gasteiger partial charge on any atom is 0.422 e. The summed E-state index contributed by atoms with van der Waals surface area (Å²) in [7, 11) is 0. The van der Waals surface area contributed by atoms with Crippen molar-refractivity contribution in [3.05, 3.63) is 48.5 Å². The molecular formula is C15H20N4O2. The van der Waals surface area contributed by atoms with E-state index in [0.29, 0.717) is 6.54 Å². The van der Waals surface area contributed by atoms with Gasteiger partial charge in [-0.3, -0.25) is 5.43 Å². The molecular weight excluding hydrogens is 268 g/mol. The SMILES string of the molecule is CC(C)(C)OC(=O)NNCc1ccc(-n2ccnc2)cc1. The highest BCUT2D eigenvalue weighted by Gasteiger charge is 2.15. The van der Waals surface area contributed by atoms with Crippen molar-refractivity contribution in [3.8, 4) is 5.69 Å². The molecule has 0 radical (unpaired) electrons. The fraction of sp³-hybridized carbons (Fsp3) is 0.333. The zero-order valence-electron chi connectivity index (χ0n) is 12.5. The lowest BCUT2D eigenvalue weighted by Crippen LogP contribution is -2.40. The van der Waals surface area contributed by atoms with Crippen LogP contribution in [0.3, 0.4) is 0 Å². The van der Waals surface area contributed by atoms with E-state index < -0.39 is 11.7 Å². The summed E-state index contributed by atoms with van der Waals surface area (Å²) in [5, 5.41) is 0. The van der Waals surface area contributed by atoms with Gasteiger partial charge in [0.25, 0.3) is 0 Å². The number of nitrogens with zero attached hydrogens (tertiary/aromatic N) is 2. The Kier molecular flexibility index (Phi) is 4.59. The molecule has 0 saturated heterocycles. The van der Waals surface area contributed by atoms with Gasteiger partial charge >= 0.3 is 6.09 Å². The normalized spacial score (nSPS) is 11.2. The molecule has 0 saturated carbocycles. The van der Waals surface area contributed by atoms with E-state index in [4.69, 9.17) is 4.74 Å². The van der Waals surface area contributed by atoms with Crippen LogP contribution in [-0.4, -0.2) is 21.2 Å². The molecule has 6 nitrogen and oxygen atoms in total. The Morgan fingerprint density at radius 2 is 2.00 bits per heavy atom. The minimum absolute atomic E-state index is 0.488. The zero-order valence-corrected chi connectivity index (χ0v) is 12.5. The number of benzene rings is 1. The monoisotopic (exact) mass is 288 g/mol. The number of amides is 1. The van der Waals surface area contributed by atoms with Crippen molar-refractivity contribution >= 4 is 6.09 Å². The van der Waals surface area contributed by atoms with Gasteiger partial charge in [0.15, 0.2) is 0 Å². The predicted octanol–water partition coefficient (Wildman–Crippen LogP) is 2.40. The molecule has 0 spiro atoms. The van der Waals surface area contributed by atoms with Crippen LogP contribution in [0, 0.1) is 0 Å². The number of hydrazine groups is 1. The minimum Gasteiger partial charge on any atom is -0.443 e. The van der Waals surface area contributed by atoms with Gasteiger partial charge in [-0.15, -0.1) is 0 Å². The average molecular weight is 288 g/mol. The highest BCUT2D eigenvalue weighted by molar-refractivity contribution is 5.66. The summed E-state index contributed by atoms with van der Waals surface area (Å²) in [5.41, 5.74) is 6.93. The van der Waals surface area contributed by atoms with Gasteiger partial charge in [0, 0.05) is 24.6 Å². The summed E-state index contributed by atoms with van der Waals surface area (Å²) in [5.74, 6) is 0. The number of carbonyl (C=O) groups excluding carboxylic acids is 1. The largest absolute Gasteiger partial charge is 0.443 e. The molecule has 2 rings (SSSR count). The summed E-state index contributed by atoms with van der Waals surface area (Å²) < 4.78 is 7.05. The first-order chi connectivity index (χ1) is 9.94. The molecule has 0 atom stereocenters. The van der Waals surface area contributed by atoms with Crippen LogP contribution in [0.5, 0.6) is 0 Å². The van der Waals surface area contributed by atoms with E-state index in [-0.39, 0.29) is 0 Å². The van der Waals surface area contributed by atoms with Crippen LogP contribution in [0.25, 0.3) is 5.69 Å². The van der Waals surface area contributed by atoms with Crippen molar-refractivity contribution < 1.29 is 9.53 Å². The fourth-order valence-corrected chi connectivity index (χ4v) is 1.72. The van der Waals surface area contributed by atoms with Crippen LogP contribution < -0.4 is 10.9 Å². The van der Waals surface area contributed by atoms with Crippen molar-refractivity contribution in [3.63, 3.8) is 0 Å². The van der Waals surface area contributed by atoms with E-state index in [1.54, 1.807) is 12.5 Å². The van der Waals surface area contributed by atoms with Crippen LogP contribution in [0.4, 0.5) is 4.79 Å². The lowest BCUT2D eigenvalue weighted by Gasteiger charge is -2.19. The Hall–Kier alpha value is -2.34. The Balaban J connectivity index is 1.80. The number of hydrogen-bond donors (Lipinski definition) is 2. The van der Waals surface area contributed by atoms with Gasteiger partial charge < -0.3 is 9.30 Å². The molecule has 112 valence electrons. The smallest absolute Gasteiger partial charge is 0.422 e. The zero-order chi connectivity index (χ0) is 15.3. The third kappa shape index (κ3) is 4.92. The summed E-state index contributed by atoms with van der Waals surface area (Å²) >= 11 is 0. The van der Waals surface area contributed by atoms with Gasteiger partial charge in [-0.05, 0) is 38.5 Å². The number of carbonyl (C=O) groups is 1. The molecule has 1 aromatic heterocycles. The Morgan fingerprint density at radius 1 is 1.29 bits per heavy atom. The van der Waals surface area contributed by atoms with E-state index >= 15 is 0 Å². The minimum atomic E-state index is -0.502. The molecule has 2 N–H and O–H groups in total. The van der Waals surface area contributed by atoms with Gasteiger partial charge in [0.05, 0.1) is 6.33 Å². The first-order valence-corrected chi connectivity index (χ1v) is 6.73. The number of hydrogen-bond acceptors (Lipinski definition) is 4. The van der Waals surface area contributed by atoms with Crippen molar-refractivity contribution in [1.82, 2.24) is 20.4 Å². The van der Waals surface area contributed by atoms with E-state index in [1.165, 1.54) is 0 Å². The third-order valence-corrected chi connectivity index (χ3v) is 2.62. The molecule has 6 heteroatoms. The highest BCUT2D eigenvalue weighted by atomic mass is 16.6. The summed E-state index contributed by atoms with van der Waals surface area (Å²) in [6, 6.07) is 7.95. The van der Waals surface area contributed by atoms with Crippen molar-refractivity contribution in [2.24, 2.45) is 0 Å². The van der Waals surface area contributed by atoms with E-state index in [2.05, 4.69) is 15.8 Å². The molecule has 1 amide bonds. The number of nitrogens with one attached hydrogen (secondary N) is 2. The number of imidazole rings is 1. The molecule has 1 aromatic carbocycles. The van der Waals surface area contributed by atoms with Gasteiger partial charge in [-0.25, -0.2) is 15.2 Å². The molecule has 0 fully saturated rings.